The molecule has 0 radical (unpaired) electrons. The number of carboxylic acid groups (broad SMARTS) is 1. The number of nitrogens with zero attached hydrogens (tertiary/aromatic N) is 4. The molecule has 0 amide bonds. The Balaban J connectivity index is -0.000000895. The number of aromatic nitrogens is 3. The molecule has 3 rings (SSSR count). The molecular weight excluding hydrogens is 1120 g/mol. The van der Waals surface area contributed by atoms with Gasteiger partial charge in [-0.15, -0.1) is 0 Å². The fraction of sp³-hybridized carbons (Fsp3) is 0.653. The lowest BCUT2D eigenvalue weighted by atomic mass is 10.2. The predicted octanol–water partition coefficient (Wildman–Crippen LogP) is 12.0. The molecular formula is C49H86Br3N7O4S4. The molecule has 0 unspecified atom stereocenters. The number of carboxylic acids is 1. The standard InChI is InChI=1S/C19H33N3O2S2.C17H31N3S2.C7H7Br2N.C4H7BrO2.2CH4/c1-18(2,25-5)13-20-10-15-8-7-9-16(21-15)11-22(12-17(23)24)14-19(3,4)26-6;1-16(2,21-5)12-18-10-14-8-7-9-15(20-14)11-19-13-17(3,4)22-6;8-4-6-2-1-3-7(5-9)10-6;1-2-7-4(6)3-5;;/h7-9,20H,10-14H2,1-6H3,(H,23,24);7-9,18-19H,10-13H2,1-6H3;1-3H,4-5H2;2-3H2,1H3;2*1H4. The van der Waals surface area contributed by atoms with E-state index in [0.29, 0.717) is 31.6 Å². The fourth-order valence-corrected chi connectivity index (χ4v) is 7.04. The lowest BCUT2D eigenvalue weighted by Crippen LogP contribution is -2.39. The van der Waals surface area contributed by atoms with E-state index >= 15 is 0 Å². The number of nitrogens with one attached hydrogen (secondary N) is 3. The average molecular weight is 1210 g/mol. The van der Waals surface area contributed by atoms with Crippen LogP contribution in [-0.2, 0) is 51.2 Å². The van der Waals surface area contributed by atoms with E-state index in [-0.39, 0.29) is 46.4 Å². The molecule has 67 heavy (non-hydrogen) atoms. The first-order valence-corrected chi connectivity index (χ1v) is 29.7. The van der Waals surface area contributed by atoms with Crippen LogP contribution in [0.4, 0.5) is 0 Å². The van der Waals surface area contributed by atoms with Gasteiger partial charge in [-0.3, -0.25) is 29.4 Å². The Morgan fingerprint density at radius 2 is 0.925 bits per heavy atom. The maximum Gasteiger partial charge on any atom is 0.317 e. The van der Waals surface area contributed by atoms with Crippen LogP contribution in [0, 0.1) is 0 Å². The summed E-state index contributed by atoms with van der Waals surface area (Å²) >= 11 is 17.0. The second-order valence-electron chi connectivity index (χ2n) is 17.3. The number of aliphatic carboxylic acids is 1. The molecule has 4 N–H and O–H groups in total. The van der Waals surface area contributed by atoms with Gasteiger partial charge in [0.1, 0.15) is 5.33 Å². The molecule has 0 saturated heterocycles. The molecule has 0 aliphatic heterocycles. The zero-order chi connectivity index (χ0) is 49.5. The molecule has 18 heteroatoms. The highest BCUT2D eigenvalue weighted by Gasteiger charge is 2.23. The van der Waals surface area contributed by atoms with E-state index in [9.17, 15) is 14.7 Å². The van der Waals surface area contributed by atoms with E-state index in [1.165, 1.54) is 0 Å². The highest BCUT2D eigenvalue weighted by atomic mass is 79.9. The van der Waals surface area contributed by atoms with E-state index < -0.39 is 5.97 Å². The molecule has 0 aromatic carbocycles. The number of thioether (sulfide) groups is 4. The first-order valence-electron chi connectivity index (χ1n) is 21.5. The van der Waals surface area contributed by atoms with Crippen LogP contribution in [0.15, 0.2) is 54.6 Å². The van der Waals surface area contributed by atoms with E-state index in [2.05, 4.69) is 172 Å². The number of carbonyl (C=O) groups is 2. The van der Waals surface area contributed by atoms with E-state index in [0.717, 1.165) is 77.5 Å². The van der Waals surface area contributed by atoms with Crippen molar-refractivity contribution in [3.63, 3.8) is 0 Å². The molecule has 0 spiro atoms. The van der Waals surface area contributed by atoms with Gasteiger partial charge >= 0.3 is 11.9 Å². The summed E-state index contributed by atoms with van der Waals surface area (Å²) in [7, 11) is 0. The number of carbonyl (C=O) groups excluding carboxylic acids is 1. The first-order chi connectivity index (χ1) is 30.5. The van der Waals surface area contributed by atoms with Gasteiger partial charge in [0.25, 0.3) is 0 Å². The number of ether oxygens (including phenoxy) is 1. The summed E-state index contributed by atoms with van der Waals surface area (Å²) in [5.41, 5.74) is 6.28. The molecule has 0 saturated carbocycles. The van der Waals surface area contributed by atoms with Crippen molar-refractivity contribution in [2.75, 3.05) is 69.7 Å². The predicted molar refractivity (Wildman–Crippen MR) is 310 cm³/mol. The first kappa shape index (κ1) is 70.3. The molecule has 3 aromatic heterocycles. The summed E-state index contributed by atoms with van der Waals surface area (Å²) in [4.78, 5) is 37.1. The smallest absolute Gasteiger partial charge is 0.317 e. The molecule has 0 aliphatic carbocycles. The van der Waals surface area contributed by atoms with Crippen LogP contribution in [-0.4, -0.2) is 126 Å². The van der Waals surface area contributed by atoms with Crippen LogP contribution in [0.1, 0.15) is 111 Å². The van der Waals surface area contributed by atoms with Gasteiger partial charge in [-0.2, -0.15) is 47.0 Å². The summed E-state index contributed by atoms with van der Waals surface area (Å²) in [6.07, 6.45) is 8.48. The Labute approximate surface area is 449 Å². The van der Waals surface area contributed by atoms with E-state index in [4.69, 9.17) is 9.97 Å². The van der Waals surface area contributed by atoms with Crippen molar-refractivity contribution in [2.24, 2.45) is 0 Å². The molecule has 0 fully saturated rings. The van der Waals surface area contributed by atoms with E-state index in [1.54, 1.807) is 18.7 Å². The number of alkyl halides is 3. The zero-order valence-electron chi connectivity index (χ0n) is 41.1. The summed E-state index contributed by atoms with van der Waals surface area (Å²) in [5, 5.41) is 21.6. The van der Waals surface area contributed by atoms with Crippen molar-refractivity contribution in [3.05, 3.63) is 88.8 Å². The average Bonchev–Trinajstić information content (AvgIpc) is 3.27. The number of hydrogen-bond acceptors (Lipinski definition) is 14. The summed E-state index contributed by atoms with van der Waals surface area (Å²) in [6.45, 7) is 26.5. The lowest BCUT2D eigenvalue weighted by Gasteiger charge is -2.30. The van der Waals surface area contributed by atoms with Crippen molar-refractivity contribution < 1.29 is 19.4 Å². The highest BCUT2D eigenvalue weighted by Crippen LogP contribution is 2.24. The minimum absolute atomic E-state index is 0. The van der Waals surface area contributed by atoms with Gasteiger partial charge in [-0.25, -0.2) is 0 Å². The Hall–Kier alpha value is -0.930. The normalized spacial score (nSPS) is 11.4. The van der Waals surface area contributed by atoms with E-state index in [1.807, 2.05) is 76.6 Å². The van der Waals surface area contributed by atoms with Gasteiger partial charge in [0.2, 0.25) is 0 Å². The topological polar surface area (TPSA) is 142 Å². The van der Waals surface area contributed by atoms with Crippen molar-refractivity contribution in [2.45, 2.75) is 133 Å². The van der Waals surface area contributed by atoms with Crippen molar-refractivity contribution in [1.82, 2.24) is 35.8 Å². The van der Waals surface area contributed by atoms with Crippen molar-refractivity contribution in [1.29, 1.82) is 0 Å². The maximum absolute atomic E-state index is 11.2. The third kappa shape index (κ3) is 36.6. The second-order valence-corrected chi connectivity index (χ2v) is 25.0. The molecule has 3 aromatic rings. The van der Waals surface area contributed by atoms with Crippen LogP contribution in [0.5, 0.6) is 0 Å². The third-order valence-electron chi connectivity index (χ3n) is 9.41. The summed E-state index contributed by atoms with van der Waals surface area (Å²) < 4.78 is 5.23. The summed E-state index contributed by atoms with van der Waals surface area (Å²) in [5.74, 6) is -1.01. The Morgan fingerprint density at radius 1 is 0.597 bits per heavy atom. The Bertz CT molecular complexity index is 1710. The SMILES string of the molecule is BrCc1cccc(CBr)n1.C.C.CCOC(=O)CBr.CSC(C)(C)CNCc1cccc(CN(CC(=O)O)CC(C)(C)SC)n1.CSC(C)(C)CNCc1cccc(CNCC(C)(C)SC)n1. The van der Waals surface area contributed by atoms with Crippen molar-refractivity contribution >= 4 is 107 Å². The molecule has 0 bridgehead atoms. The number of pyridine rings is 3. The van der Waals surface area contributed by atoms with Crippen LogP contribution in [0.25, 0.3) is 0 Å². The lowest BCUT2D eigenvalue weighted by molar-refractivity contribution is -0.140. The number of esters is 1. The number of hydrogen-bond donors (Lipinski definition) is 4. The van der Waals surface area contributed by atoms with Crippen LogP contribution < -0.4 is 16.0 Å². The number of rotatable bonds is 26. The third-order valence-corrected chi connectivity index (χ3v) is 16.0. The molecule has 3 heterocycles. The highest BCUT2D eigenvalue weighted by molar-refractivity contribution is 9.09. The van der Waals surface area contributed by atoms with Gasteiger partial charge in [0, 0.05) is 82.0 Å². The van der Waals surface area contributed by atoms with Gasteiger partial charge in [0.05, 0.1) is 47.3 Å². The number of halogens is 3. The molecule has 11 nitrogen and oxygen atoms in total. The van der Waals surface area contributed by atoms with Crippen LogP contribution in [0.2, 0.25) is 0 Å². The largest absolute Gasteiger partial charge is 0.480 e. The fourth-order valence-electron chi connectivity index (χ4n) is 5.20. The zero-order valence-corrected chi connectivity index (χ0v) is 49.1. The maximum atomic E-state index is 11.2. The minimum atomic E-state index is -0.806. The Kier molecular flexibility index (Phi) is 40.6. The van der Waals surface area contributed by atoms with Gasteiger partial charge in [-0.05, 0) is 124 Å². The minimum Gasteiger partial charge on any atom is -0.480 e. The summed E-state index contributed by atoms with van der Waals surface area (Å²) in [6, 6.07) is 18.3. The quantitative estimate of drug-likeness (QED) is 0.0447. The van der Waals surface area contributed by atoms with Crippen LogP contribution >= 0.6 is 94.8 Å². The Morgan fingerprint density at radius 3 is 1.22 bits per heavy atom. The van der Waals surface area contributed by atoms with Gasteiger partial charge in [0.15, 0.2) is 0 Å². The second kappa shape index (κ2) is 38.7. The monoisotopic (exact) mass is 1200 g/mol. The van der Waals surface area contributed by atoms with Gasteiger partial charge in [-0.1, -0.05) is 80.8 Å². The van der Waals surface area contributed by atoms with Crippen LogP contribution in [0.3, 0.4) is 0 Å². The molecule has 0 atom stereocenters. The van der Waals surface area contributed by atoms with Gasteiger partial charge < -0.3 is 25.8 Å². The molecule has 386 valence electrons. The van der Waals surface area contributed by atoms with Crippen molar-refractivity contribution in [3.8, 4) is 0 Å². The molecule has 0 aliphatic rings.